The van der Waals surface area contributed by atoms with Gasteiger partial charge in [0.15, 0.2) is 11.0 Å². The van der Waals surface area contributed by atoms with E-state index < -0.39 is 11.6 Å². The van der Waals surface area contributed by atoms with Crippen molar-refractivity contribution < 1.29 is 13.5 Å². The van der Waals surface area contributed by atoms with E-state index in [-0.39, 0.29) is 5.69 Å². The van der Waals surface area contributed by atoms with Crippen LogP contribution in [0, 0.1) is 11.6 Å². The second-order valence-electron chi connectivity index (χ2n) is 6.25. The lowest BCUT2D eigenvalue weighted by molar-refractivity contribution is 0.344. The fourth-order valence-corrected chi connectivity index (χ4v) is 3.87. The van der Waals surface area contributed by atoms with Crippen molar-refractivity contribution in [3.63, 3.8) is 0 Å². The topological polar surface area (TPSA) is 39.9 Å². The maximum Gasteiger partial charge on any atom is 0.196 e. The average Bonchev–Trinajstić information content (AvgIpc) is 3.17. The van der Waals surface area contributed by atoms with Gasteiger partial charge in [0.05, 0.1) is 12.3 Å². The number of halogens is 3. The summed E-state index contributed by atoms with van der Waals surface area (Å²) in [6.07, 6.45) is 0. The molecule has 0 bridgehead atoms. The number of hydrogen-bond donors (Lipinski definition) is 0. The normalized spacial score (nSPS) is 10.9. The van der Waals surface area contributed by atoms with E-state index in [2.05, 4.69) is 26.1 Å². The van der Waals surface area contributed by atoms with Gasteiger partial charge in [0.1, 0.15) is 17.4 Å². The summed E-state index contributed by atoms with van der Waals surface area (Å²) in [6, 6.07) is 20.4. The minimum absolute atomic E-state index is 0.191. The molecular formula is C22H16BrF2N3OS. The highest BCUT2D eigenvalue weighted by Gasteiger charge is 2.19. The maximum atomic E-state index is 14.6. The van der Waals surface area contributed by atoms with Crippen LogP contribution in [0.5, 0.6) is 5.75 Å². The van der Waals surface area contributed by atoms with Crippen LogP contribution in [0.4, 0.5) is 8.78 Å². The fraction of sp³-hybridized carbons (Fsp3) is 0.0909. The van der Waals surface area contributed by atoms with Gasteiger partial charge in [-0.15, -0.1) is 10.2 Å². The molecule has 0 atom stereocenters. The summed E-state index contributed by atoms with van der Waals surface area (Å²) in [5, 5.41) is 9.00. The molecule has 1 heterocycles. The Bertz CT molecular complexity index is 1140. The zero-order valence-electron chi connectivity index (χ0n) is 15.6. The summed E-state index contributed by atoms with van der Waals surface area (Å²) in [5.41, 5.74) is 0.975. The summed E-state index contributed by atoms with van der Waals surface area (Å²) in [4.78, 5) is 0. The summed E-state index contributed by atoms with van der Waals surface area (Å²) in [6.45, 7) is 0.436. The molecule has 0 radical (unpaired) electrons. The third-order valence-electron chi connectivity index (χ3n) is 4.21. The molecule has 4 rings (SSSR count). The molecule has 0 spiro atoms. The van der Waals surface area contributed by atoms with Crippen LogP contribution < -0.4 is 4.74 Å². The standard InChI is InChI=1S/C22H16BrF2N3OS/c23-16-6-9-18(10-7-16)29-12-13-30-22-27-26-21(15-4-2-1-3-5-15)28(22)20-11-8-17(24)14-19(20)25/h1-11,14H,12-13H2. The summed E-state index contributed by atoms with van der Waals surface area (Å²) in [5.74, 6) is 0.501. The second kappa shape index (κ2) is 9.40. The fourth-order valence-electron chi connectivity index (χ4n) is 2.84. The molecular weight excluding hydrogens is 472 g/mol. The number of hydrogen-bond acceptors (Lipinski definition) is 4. The van der Waals surface area contributed by atoms with Crippen molar-refractivity contribution >= 4 is 27.7 Å². The van der Waals surface area contributed by atoms with Crippen LogP contribution in [0.25, 0.3) is 17.1 Å². The van der Waals surface area contributed by atoms with Crippen LogP contribution >= 0.6 is 27.7 Å². The van der Waals surface area contributed by atoms with Crippen molar-refractivity contribution in [1.29, 1.82) is 0 Å². The van der Waals surface area contributed by atoms with E-state index in [9.17, 15) is 8.78 Å². The minimum atomic E-state index is -0.681. The van der Waals surface area contributed by atoms with Gasteiger partial charge < -0.3 is 4.74 Å². The highest BCUT2D eigenvalue weighted by atomic mass is 79.9. The Morgan fingerprint density at radius 2 is 1.70 bits per heavy atom. The van der Waals surface area contributed by atoms with Gasteiger partial charge in [-0.25, -0.2) is 8.78 Å². The van der Waals surface area contributed by atoms with Crippen molar-refractivity contribution in [2.75, 3.05) is 12.4 Å². The first kappa shape index (κ1) is 20.6. The Morgan fingerprint density at radius 3 is 2.43 bits per heavy atom. The molecule has 4 nitrogen and oxygen atoms in total. The lowest BCUT2D eigenvalue weighted by atomic mass is 10.2. The van der Waals surface area contributed by atoms with E-state index in [0.29, 0.717) is 23.3 Å². The number of aromatic nitrogens is 3. The lowest BCUT2D eigenvalue weighted by Gasteiger charge is -2.12. The van der Waals surface area contributed by atoms with E-state index >= 15 is 0 Å². The third kappa shape index (κ3) is 4.71. The quantitative estimate of drug-likeness (QED) is 0.231. The van der Waals surface area contributed by atoms with E-state index in [1.54, 1.807) is 4.57 Å². The average molecular weight is 488 g/mol. The van der Waals surface area contributed by atoms with E-state index in [4.69, 9.17) is 4.74 Å². The van der Waals surface area contributed by atoms with E-state index in [1.165, 1.54) is 23.9 Å². The molecule has 0 saturated carbocycles. The van der Waals surface area contributed by atoms with Gasteiger partial charge in [0.2, 0.25) is 0 Å². The predicted octanol–water partition coefficient (Wildman–Crippen LogP) is 6.15. The van der Waals surface area contributed by atoms with Crippen molar-refractivity contribution in [3.05, 3.63) is 88.9 Å². The van der Waals surface area contributed by atoms with Crippen LogP contribution in [0.1, 0.15) is 0 Å². The molecule has 8 heteroatoms. The van der Waals surface area contributed by atoms with Gasteiger partial charge in [0, 0.05) is 21.9 Å². The number of ether oxygens (including phenoxy) is 1. The molecule has 0 fully saturated rings. The van der Waals surface area contributed by atoms with Crippen LogP contribution in [0.2, 0.25) is 0 Å². The Hall–Kier alpha value is -2.71. The number of nitrogens with zero attached hydrogens (tertiary/aromatic N) is 3. The number of thioether (sulfide) groups is 1. The smallest absolute Gasteiger partial charge is 0.196 e. The highest BCUT2D eigenvalue weighted by molar-refractivity contribution is 9.10. The number of benzene rings is 3. The molecule has 1 aromatic heterocycles. The van der Waals surface area contributed by atoms with Crippen LogP contribution in [-0.4, -0.2) is 27.1 Å². The minimum Gasteiger partial charge on any atom is -0.493 e. The predicted molar refractivity (Wildman–Crippen MR) is 117 cm³/mol. The molecule has 0 aliphatic carbocycles. The SMILES string of the molecule is Fc1ccc(-n2c(SCCOc3ccc(Br)cc3)nnc2-c2ccccc2)c(F)c1. The summed E-state index contributed by atoms with van der Waals surface area (Å²) in [7, 11) is 0. The van der Waals surface area contributed by atoms with Crippen molar-refractivity contribution in [1.82, 2.24) is 14.8 Å². The Labute approximate surface area is 185 Å². The zero-order chi connectivity index (χ0) is 20.9. The molecule has 4 aromatic rings. The second-order valence-corrected chi connectivity index (χ2v) is 8.23. The monoisotopic (exact) mass is 487 g/mol. The van der Waals surface area contributed by atoms with Crippen molar-refractivity contribution in [2.24, 2.45) is 0 Å². The molecule has 152 valence electrons. The molecule has 0 unspecified atom stereocenters. The third-order valence-corrected chi connectivity index (χ3v) is 5.63. The molecule has 0 amide bonds. The van der Waals surface area contributed by atoms with Crippen LogP contribution in [-0.2, 0) is 0 Å². The first-order valence-corrected chi connectivity index (χ1v) is 10.9. The van der Waals surface area contributed by atoms with E-state index in [1.807, 2.05) is 54.6 Å². The Morgan fingerprint density at radius 1 is 0.933 bits per heavy atom. The molecule has 0 aliphatic heterocycles. The van der Waals surface area contributed by atoms with Gasteiger partial charge in [-0.1, -0.05) is 58.0 Å². The Kier molecular flexibility index (Phi) is 6.44. The molecule has 3 aromatic carbocycles. The summed E-state index contributed by atoms with van der Waals surface area (Å²) >= 11 is 4.78. The van der Waals surface area contributed by atoms with Crippen LogP contribution in [0.15, 0.2) is 82.4 Å². The molecule has 0 N–H and O–H groups in total. The van der Waals surface area contributed by atoms with Crippen LogP contribution in [0.3, 0.4) is 0 Å². The number of rotatable bonds is 7. The largest absolute Gasteiger partial charge is 0.493 e. The summed E-state index contributed by atoms with van der Waals surface area (Å²) < 4.78 is 36.3. The van der Waals surface area contributed by atoms with Gasteiger partial charge >= 0.3 is 0 Å². The Balaban J connectivity index is 1.58. The van der Waals surface area contributed by atoms with Gasteiger partial charge in [-0.2, -0.15) is 0 Å². The first-order valence-electron chi connectivity index (χ1n) is 9.09. The first-order chi connectivity index (χ1) is 14.6. The van der Waals surface area contributed by atoms with Gasteiger partial charge in [-0.3, -0.25) is 4.57 Å². The van der Waals surface area contributed by atoms with E-state index in [0.717, 1.165) is 21.9 Å². The van der Waals surface area contributed by atoms with Crippen molar-refractivity contribution in [2.45, 2.75) is 5.16 Å². The van der Waals surface area contributed by atoms with Gasteiger partial charge in [-0.05, 0) is 36.4 Å². The zero-order valence-corrected chi connectivity index (χ0v) is 18.0. The molecule has 0 aliphatic rings. The van der Waals surface area contributed by atoms with Gasteiger partial charge in [0.25, 0.3) is 0 Å². The highest BCUT2D eigenvalue weighted by Crippen LogP contribution is 2.29. The lowest BCUT2D eigenvalue weighted by Crippen LogP contribution is -2.05. The molecule has 30 heavy (non-hydrogen) atoms. The molecule has 0 saturated heterocycles. The van der Waals surface area contributed by atoms with Crippen molar-refractivity contribution in [3.8, 4) is 22.8 Å². The maximum absolute atomic E-state index is 14.6.